The number of amides is 1. The maximum Gasteiger partial charge on any atom is 0.306 e. The lowest BCUT2D eigenvalue weighted by molar-refractivity contribution is -0.305. The highest BCUT2D eigenvalue weighted by molar-refractivity contribution is 5.80. The van der Waals surface area contributed by atoms with Crippen molar-refractivity contribution >= 4 is 11.9 Å². The first-order valence-corrected chi connectivity index (χ1v) is 34.3. The molecular formula is C69H129NO10. The van der Waals surface area contributed by atoms with Crippen LogP contribution in [0, 0.1) is 0 Å². The average Bonchev–Trinajstić information content (AvgIpc) is 3.46. The van der Waals surface area contributed by atoms with Gasteiger partial charge in [0, 0.05) is 6.42 Å². The van der Waals surface area contributed by atoms with E-state index in [4.69, 9.17) is 14.2 Å². The number of allylic oxidation sites excluding steroid dienone is 5. The Bertz CT molecular complexity index is 1440. The highest BCUT2D eigenvalue weighted by Gasteiger charge is 2.47. The van der Waals surface area contributed by atoms with E-state index in [2.05, 4.69) is 50.4 Å². The van der Waals surface area contributed by atoms with Crippen LogP contribution in [0.25, 0.3) is 0 Å². The van der Waals surface area contributed by atoms with Crippen molar-refractivity contribution in [2.75, 3.05) is 13.2 Å². The van der Waals surface area contributed by atoms with E-state index in [1.165, 1.54) is 199 Å². The van der Waals surface area contributed by atoms with Gasteiger partial charge < -0.3 is 45.1 Å². The molecule has 0 aromatic carbocycles. The summed E-state index contributed by atoms with van der Waals surface area (Å²) in [6.07, 6.45) is 59.0. The minimum absolute atomic E-state index is 0.128. The second-order valence-corrected chi connectivity index (χ2v) is 23.9. The molecule has 1 fully saturated rings. The second kappa shape index (κ2) is 57.3. The number of aliphatic hydroxyl groups is 5. The molecule has 11 heteroatoms. The number of hydrogen-bond acceptors (Lipinski definition) is 10. The smallest absolute Gasteiger partial charge is 0.306 e. The van der Waals surface area contributed by atoms with E-state index in [1.807, 2.05) is 6.08 Å². The van der Waals surface area contributed by atoms with Crippen molar-refractivity contribution in [3.05, 3.63) is 36.5 Å². The zero-order valence-corrected chi connectivity index (χ0v) is 52.2. The molecule has 1 rings (SSSR count). The summed E-state index contributed by atoms with van der Waals surface area (Å²) in [6.45, 7) is 5.80. The summed E-state index contributed by atoms with van der Waals surface area (Å²) in [5.74, 6) is -1.19. The van der Waals surface area contributed by atoms with Crippen LogP contribution in [0.15, 0.2) is 36.5 Å². The molecule has 470 valence electrons. The molecule has 8 atom stereocenters. The molecule has 80 heavy (non-hydrogen) atoms. The van der Waals surface area contributed by atoms with Crippen LogP contribution in [0.3, 0.4) is 0 Å². The number of aliphatic hydroxyl groups excluding tert-OH is 5. The Balaban J connectivity index is 2.58. The Labute approximate surface area is 492 Å². The van der Waals surface area contributed by atoms with Gasteiger partial charge in [-0.1, -0.05) is 301 Å². The van der Waals surface area contributed by atoms with Crippen LogP contribution < -0.4 is 5.32 Å². The van der Waals surface area contributed by atoms with Gasteiger partial charge in [0.1, 0.15) is 24.4 Å². The van der Waals surface area contributed by atoms with Gasteiger partial charge in [0.15, 0.2) is 12.4 Å². The topological polar surface area (TPSA) is 175 Å². The lowest BCUT2D eigenvalue weighted by Crippen LogP contribution is -2.61. The molecule has 0 spiro atoms. The van der Waals surface area contributed by atoms with E-state index in [-0.39, 0.29) is 19.4 Å². The first kappa shape index (κ1) is 75.9. The maximum absolute atomic E-state index is 13.4. The van der Waals surface area contributed by atoms with E-state index in [0.29, 0.717) is 12.8 Å². The second-order valence-electron chi connectivity index (χ2n) is 23.9. The quantitative estimate of drug-likeness (QED) is 0.0195. The van der Waals surface area contributed by atoms with Gasteiger partial charge in [0.2, 0.25) is 5.91 Å². The van der Waals surface area contributed by atoms with Crippen molar-refractivity contribution in [2.24, 2.45) is 0 Å². The lowest BCUT2D eigenvalue weighted by Gasteiger charge is -2.41. The number of rotatable bonds is 59. The molecule has 1 aliphatic rings. The van der Waals surface area contributed by atoms with Crippen LogP contribution in [0.2, 0.25) is 0 Å². The number of esters is 1. The van der Waals surface area contributed by atoms with Crippen molar-refractivity contribution in [2.45, 2.75) is 378 Å². The van der Waals surface area contributed by atoms with Gasteiger partial charge in [-0.25, -0.2) is 0 Å². The molecule has 0 aliphatic carbocycles. The van der Waals surface area contributed by atoms with Gasteiger partial charge >= 0.3 is 5.97 Å². The van der Waals surface area contributed by atoms with E-state index < -0.39 is 67.4 Å². The number of carbonyl (C=O) groups excluding carboxylic acids is 2. The van der Waals surface area contributed by atoms with Crippen molar-refractivity contribution in [1.29, 1.82) is 0 Å². The number of unbranched alkanes of at least 4 members (excludes halogenated alkanes) is 41. The van der Waals surface area contributed by atoms with Crippen LogP contribution in [0.1, 0.15) is 329 Å². The fraction of sp³-hybridized carbons (Fsp3) is 0.884. The van der Waals surface area contributed by atoms with Crippen molar-refractivity contribution in [3.63, 3.8) is 0 Å². The standard InChI is InChI=1S/C69H129NO10/c1-4-7-10-13-16-19-22-25-27-29-30-31-32-33-34-35-37-39-42-45-48-51-54-57-64(74)80-67-66(76)65(75)63(58-71)79-69(67)78-59-60(61(72)55-52-49-46-43-40-24-21-18-15-12-9-6-3)70-68(77)62(73)56-53-50-47-44-41-38-36-28-26-23-20-17-14-11-8-5-2/h17,20,26,28,52,55,60-63,65-67,69,71-73,75-76H,4-16,18-19,21-25,27,29-51,53-54,56-59H2,1-3H3,(H,70,77)/b20-17-,28-26-,55-52+. The minimum Gasteiger partial charge on any atom is -0.454 e. The van der Waals surface area contributed by atoms with Crippen LogP contribution in [0.4, 0.5) is 0 Å². The van der Waals surface area contributed by atoms with Gasteiger partial charge in [0.05, 0.1) is 25.4 Å². The first-order valence-electron chi connectivity index (χ1n) is 34.3. The van der Waals surface area contributed by atoms with Crippen LogP contribution >= 0.6 is 0 Å². The van der Waals surface area contributed by atoms with E-state index in [0.717, 1.165) is 83.5 Å². The van der Waals surface area contributed by atoms with Crippen LogP contribution in [0.5, 0.6) is 0 Å². The molecule has 6 N–H and O–H groups in total. The third-order valence-electron chi connectivity index (χ3n) is 16.3. The van der Waals surface area contributed by atoms with E-state index >= 15 is 0 Å². The van der Waals surface area contributed by atoms with Crippen molar-refractivity contribution in [1.82, 2.24) is 5.32 Å². The molecular weight excluding hydrogens is 1000 g/mol. The average molecular weight is 1130 g/mol. The molecule has 11 nitrogen and oxygen atoms in total. The normalized spacial score (nSPS) is 18.9. The zero-order valence-electron chi connectivity index (χ0n) is 52.2. The van der Waals surface area contributed by atoms with Crippen LogP contribution in [-0.2, 0) is 23.8 Å². The molecule has 1 aliphatic heterocycles. The SMILES string of the molecule is CCCCC/C=C\C/C=C\CCCCCCCCC(O)C(=O)NC(COC1OC(CO)C(O)C(O)C1OC(=O)CCCCCCCCCCCCCCCCCCCCCCCCC)C(O)/C=C/CCCCCCCCCCCC. The molecule has 0 saturated carbocycles. The molecule has 0 aromatic heterocycles. The largest absolute Gasteiger partial charge is 0.454 e. The Hall–Kier alpha value is -2.12. The number of hydrogen-bond donors (Lipinski definition) is 6. The Morgan fingerprint density at radius 2 is 0.863 bits per heavy atom. The summed E-state index contributed by atoms with van der Waals surface area (Å²) in [6, 6.07) is -1.03. The molecule has 0 bridgehead atoms. The highest BCUT2D eigenvalue weighted by atomic mass is 16.7. The zero-order chi connectivity index (χ0) is 58.2. The molecule has 1 heterocycles. The predicted molar refractivity (Wildman–Crippen MR) is 334 cm³/mol. The highest BCUT2D eigenvalue weighted by Crippen LogP contribution is 2.26. The fourth-order valence-corrected chi connectivity index (χ4v) is 10.9. The maximum atomic E-state index is 13.4. The summed E-state index contributed by atoms with van der Waals surface area (Å²) < 4.78 is 17.7. The third-order valence-corrected chi connectivity index (χ3v) is 16.3. The lowest BCUT2D eigenvalue weighted by atomic mass is 9.99. The Morgan fingerprint density at radius 1 is 0.487 bits per heavy atom. The van der Waals surface area contributed by atoms with Crippen molar-refractivity contribution < 1.29 is 49.3 Å². The van der Waals surface area contributed by atoms with Gasteiger partial charge in [-0.15, -0.1) is 0 Å². The molecule has 0 aromatic rings. The first-order chi connectivity index (χ1) is 39.2. The minimum atomic E-state index is -1.61. The summed E-state index contributed by atoms with van der Waals surface area (Å²) in [5.41, 5.74) is 0. The van der Waals surface area contributed by atoms with Gasteiger partial charge in [-0.2, -0.15) is 0 Å². The van der Waals surface area contributed by atoms with Gasteiger partial charge in [0.25, 0.3) is 0 Å². The molecule has 0 radical (unpaired) electrons. The predicted octanol–water partition coefficient (Wildman–Crippen LogP) is 17.0. The summed E-state index contributed by atoms with van der Waals surface area (Å²) >= 11 is 0. The Kier molecular flexibility index (Phi) is 54.4. The number of nitrogens with one attached hydrogen (secondary N) is 1. The number of carbonyl (C=O) groups is 2. The molecule has 8 unspecified atom stereocenters. The van der Waals surface area contributed by atoms with E-state index in [1.54, 1.807) is 6.08 Å². The third kappa shape index (κ3) is 44.4. The Morgan fingerprint density at radius 3 is 1.30 bits per heavy atom. The van der Waals surface area contributed by atoms with E-state index in [9.17, 15) is 35.1 Å². The summed E-state index contributed by atoms with van der Waals surface area (Å²) in [5, 5.41) is 57.1. The van der Waals surface area contributed by atoms with Crippen molar-refractivity contribution in [3.8, 4) is 0 Å². The summed E-state index contributed by atoms with van der Waals surface area (Å²) in [7, 11) is 0. The fourth-order valence-electron chi connectivity index (χ4n) is 10.9. The monoisotopic (exact) mass is 1130 g/mol. The summed E-state index contributed by atoms with van der Waals surface area (Å²) in [4.78, 5) is 26.6. The van der Waals surface area contributed by atoms with Gasteiger partial charge in [-0.05, 0) is 57.8 Å². The van der Waals surface area contributed by atoms with Gasteiger partial charge in [-0.3, -0.25) is 9.59 Å². The molecule has 1 amide bonds. The molecule has 1 saturated heterocycles. The van der Waals surface area contributed by atoms with Crippen LogP contribution in [-0.4, -0.2) is 99.6 Å². The number of ether oxygens (including phenoxy) is 3.